The first-order chi connectivity index (χ1) is 8.93. The van der Waals surface area contributed by atoms with Gasteiger partial charge in [-0.2, -0.15) is 0 Å². The number of ether oxygens (including phenoxy) is 1. The second-order valence-corrected chi connectivity index (χ2v) is 5.90. The van der Waals surface area contributed by atoms with Gasteiger partial charge in [-0.05, 0) is 42.5 Å². The molecule has 19 heavy (non-hydrogen) atoms. The van der Waals surface area contributed by atoms with Crippen LogP contribution in [-0.4, -0.2) is 27.2 Å². The number of anilines is 1. The minimum atomic E-state index is 0.184. The Morgan fingerprint density at radius 2 is 2.00 bits per heavy atom. The normalized spacial score (nSPS) is 11.5. The van der Waals surface area contributed by atoms with E-state index in [-0.39, 0.29) is 5.41 Å². The fourth-order valence-electron chi connectivity index (χ4n) is 1.95. The Morgan fingerprint density at radius 1 is 1.32 bits per heavy atom. The van der Waals surface area contributed by atoms with E-state index >= 15 is 0 Å². The lowest BCUT2D eigenvalue weighted by Crippen LogP contribution is -2.30. The number of hydrogen-bond donors (Lipinski definition) is 1. The zero-order chi connectivity index (χ0) is 14.5. The largest absolute Gasteiger partial charge is 0.495 e. The van der Waals surface area contributed by atoms with Crippen molar-refractivity contribution in [2.45, 2.75) is 33.6 Å². The van der Waals surface area contributed by atoms with Gasteiger partial charge in [-0.3, -0.25) is 0 Å². The fraction of sp³-hybridized carbons (Fsp3) is 0.625. The minimum absolute atomic E-state index is 0.184. The second kappa shape index (κ2) is 6.80. The molecule has 1 aromatic rings. The number of aryl methyl sites for hydroxylation is 1. The van der Waals surface area contributed by atoms with Gasteiger partial charge in [0.05, 0.1) is 12.8 Å². The lowest BCUT2D eigenvalue weighted by atomic mass is 9.89. The quantitative estimate of drug-likeness (QED) is 0.822. The molecule has 0 unspecified atom stereocenters. The Balaban J connectivity index is 2.82. The van der Waals surface area contributed by atoms with Crippen LogP contribution in [0.5, 0.6) is 5.75 Å². The molecule has 3 nitrogen and oxygen atoms in total. The number of rotatable bonds is 7. The van der Waals surface area contributed by atoms with Gasteiger partial charge in [0.1, 0.15) is 5.75 Å². The molecule has 108 valence electrons. The highest BCUT2D eigenvalue weighted by atomic mass is 16.5. The predicted octanol–water partition coefficient (Wildman–Crippen LogP) is 3.07. The summed E-state index contributed by atoms with van der Waals surface area (Å²) in [5.41, 5.74) is 8.47. The first-order valence-corrected chi connectivity index (χ1v) is 7.01. The smallest absolute Gasteiger partial charge is 0.142 e. The van der Waals surface area contributed by atoms with Gasteiger partial charge in [0, 0.05) is 13.6 Å². The molecule has 0 bridgehead atoms. The van der Waals surface area contributed by atoms with E-state index in [4.69, 9.17) is 10.5 Å². The third-order valence-electron chi connectivity index (χ3n) is 3.74. The molecular formula is C16H28N2O. The number of hydrogen-bond acceptors (Lipinski definition) is 3. The molecule has 0 fully saturated rings. The molecular weight excluding hydrogens is 236 g/mol. The van der Waals surface area contributed by atoms with Crippen molar-refractivity contribution in [1.29, 1.82) is 0 Å². The van der Waals surface area contributed by atoms with Crippen LogP contribution in [0.1, 0.15) is 32.8 Å². The average molecular weight is 264 g/mol. The van der Waals surface area contributed by atoms with Crippen molar-refractivity contribution >= 4 is 5.69 Å². The molecule has 0 aliphatic heterocycles. The van der Waals surface area contributed by atoms with Gasteiger partial charge in [-0.25, -0.2) is 0 Å². The molecule has 0 saturated carbocycles. The van der Waals surface area contributed by atoms with Crippen LogP contribution in [0.15, 0.2) is 18.2 Å². The van der Waals surface area contributed by atoms with E-state index in [2.05, 4.69) is 50.9 Å². The Kier molecular flexibility index (Phi) is 5.67. The van der Waals surface area contributed by atoms with E-state index < -0.39 is 0 Å². The van der Waals surface area contributed by atoms with E-state index in [0.29, 0.717) is 6.54 Å². The van der Waals surface area contributed by atoms with Crippen LogP contribution in [0, 0.1) is 5.41 Å². The molecule has 0 aliphatic rings. The minimum Gasteiger partial charge on any atom is -0.495 e. The maximum atomic E-state index is 5.79. The maximum Gasteiger partial charge on any atom is 0.142 e. The molecule has 1 rings (SSSR count). The van der Waals surface area contributed by atoms with E-state index in [1.807, 2.05) is 0 Å². The summed E-state index contributed by atoms with van der Waals surface area (Å²) in [6.07, 6.45) is 2.11. The first kappa shape index (κ1) is 15.8. The Bertz CT molecular complexity index is 402. The molecule has 0 radical (unpaired) electrons. The molecule has 0 amide bonds. The molecule has 3 heteroatoms. The topological polar surface area (TPSA) is 38.5 Å². The van der Waals surface area contributed by atoms with Crippen molar-refractivity contribution in [2.75, 3.05) is 32.1 Å². The lowest BCUT2D eigenvalue weighted by molar-refractivity contribution is 0.350. The summed E-state index contributed by atoms with van der Waals surface area (Å²) in [5.74, 6) is 0.935. The zero-order valence-corrected chi connectivity index (χ0v) is 13.0. The standard InChI is InChI=1S/C16H28N2O/c1-6-13-7-8-15(19-5)14(11-13)18(4)10-9-16(2,3)12-17/h7-8,11H,6,9-10,12,17H2,1-5H3. The summed E-state index contributed by atoms with van der Waals surface area (Å²) in [6.45, 7) is 8.28. The Morgan fingerprint density at radius 3 is 2.53 bits per heavy atom. The van der Waals surface area contributed by atoms with E-state index in [1.54, 1.807) is 7.11 Å². The molecule has 0 aromatic heterocycles. The molecule has 0 spiro atoms. The van der Waals surface area contributed by atoms with E-state index in [9.17, 15) is 0 Å². The van der Waals surface area contributed by atoms with Gasteiger partial charge in [0.25, 0.3) is 0 Å². The molecule has 2 N–H and O–H groups in total. The first-order valence-electron chi connectivity index (χ1n) is 7.01. The van der Waals surface area contributed by atoms with E-state index in [0.717, 1.165) is 30.8 Å². The van der Waals surface area contributed by atoms with Crippen LogP contribution in [0.3, 0.4) is 0 Å². The molecule has 0 saturated heterocycles. The summed E-state index contributed by atoms with van der Waals surface area (Å²) in [6, 6.07) is 6.40. The highest BCUT2D eigenvalue weighted by Crippen LogP contribution is 2.30. The van der Waals surface area contributed by atoms with Crippen LogP contribution >= 0.6 is 0 Å². The summed E-state index contributed by atoms with van der Waals surface area (Å²) in [4.78, 5) is 2.26. The van der Waals surface area contributed by atoms with Gasteiger partial charge in [0.15, 0.2) is 0 Å². The molecule has 0 atom stereocenters. The zero-order valence-electron chi connectivity index (χ0n) is 13.0. The van der Waals surface area contributed by atoms with E-state index in [1.165, 1.54) is 5.56 Å². The summed E-state index contributed by atoms with van der Waals surface area (Å²) < 4.78 is 5.46. The highest BCUT2D eigenvalue weighted by Gasteiger charge is 2.17. The third-order valence-corrected chi connectivity index (χ3v) is 3.74. The molecule has 0 aliphatic carbocycles. The Labute approximate surface area is 117 Å². The summed E-state index contributed by atoms with van der Waals surface area (Å²) in [5, 5.41) is 0. The maximum absolute atomic E-state index is 5.79. The SMILES string of the molecule is CCc1ccc(OC)c(N(C)CCC(C)(C)CN)c1. The number of benzene rings is 1. The van der Waals surface area contributed by atoms with Crippen molar-refractivity contribution < 1.29 is 4.74 Å². The van der Waals surface area contributed by atoms with Crippen molar-refractivity contribution in [3.63, 3.8) is 0 Å². The van der Waals surface area contributed by atoms with Crippen LogP contribution < -0.4 is 15.4 Å². The number of methoxy groups -OCH3 is 1. The van der Waals surface area contributed by atoms with Gasteiger partial charge in [-0.15, -0.1) is 0 Å². The van der Waals surface area contributed by atoms with Gasteiger partial charge >= 0.3 is 0 Å². The van der Waals surface area contributed by atoms with Gasteiger partial charge in [0.2, 0.25) is 0 Å². The lowest BCUT2D eigenvalue weighted by Gasteiger charge is -2.28. The van der Waals surface area contributed by atoms with Gasteiger partial charge < -0.3 is 15.4 Å². The van der Waals surface area contributed by atoms with Crippen LogP contribution in [0.2, 0.25) is 0 Å². The van der Waals surface area contributed by atoms with Crippen molar-refractivity contribution in [3.8, 4) is 5.75 Å². The second-order valence-electron chi connectivity index (χ2n) is 5.90. The fourth-order valence-corrected chi connectivity index (χ4v) is 1.95. The molecule has 0 heterocycles. The number of nitrogens with two attached hydrogens (primary N) is 1. The van der Waals surface area contributed by atoms with Crippen molar-refractivity contribution in [1.82, 2.24) is 0 Å². The molecule has 1 aromatic carbocycles. The highest BCUT2D eigenvalue weighted by molar-refractivity contribution is 5.59. The summed E-state index contributed by atoms with van der Waals surface area (Å²) >= 11 is 0. The predicted molar refractivity (Wildman–Crippen MR) is 83.1 cm³/mol. The number of nitrogens with zero attached hydrogens (tertiary/aromatic N) is 1. The summed E-state index contributed by atoms with van der Waals surface area (Å²) in [7, 11) is 3.84. The van der Waals surface area contributed by atoms with Crippen molar-refractivity contribution in [3.05, 3.63) is 23.8 Å². The van der Waals surface area contributed by atoms with Crippen LogP contribution in [0.4, 0.5) is 5.69 Å². The Hall–Kier alpha value is -1.22. The third kappa shape index (κ3) is 4.43. The van der Waals surface area contributed by atoms with Crippen LogP contribution in [0.25, 0.3) is 0 Å². The monoisotopic (exact) mass is 264 g/mol. The van der Waals surface area contributed by atoms with Gasteiger partial charge in [-0.1, -0.05) is 26.8 Å². The van der Waals surface area contributed by atoms with Crippen LogP contribution in [-0.2, 0) is 6.42 Å². The average Bonchev–Trinajstić information content (AvgIpc) is 2.44. The van der Waals surface area contributed by atoms with Crippen molar-refractivity contribution in [2.24, 2.45) is 11.1 Å².